The highest BCUT2D eigenvalue weighted by Gasteiger charge is 2.04. The number of halogens is 4. The summed E-state index contributed by atoms with van der Waals surface area (Å²) in [5.74, 6) is 2.21. The number of nitrogen functional groups attached to an aromatic ring is 1. The fraction of sp³-hybridized carbons (Fsp3) is 0. The number of hydrogen-bond donors (Lipinski definition) is 2. The Balaban J connectivity index is 0.000000181. The van der Waals surface area contributed by atoms with E-state index in [1.54, 1.807) is 78.9 Å². The smallest absolute Gasteiger partial charge is 0.169 e. The van der Waals surface area contributed by atoms with Crippen molar-refractivity contribution in [1.82, 2.24) is 0 Å². The average Bonchev–Trinajstić information content (AvgIpc) is 2.76. The molecule has 4 nitrogen and oxygen atoms in total. The van der Waals surface area contributed by atoms with E-state index in [-0.39, 0.29) is 5.75 Å². The van der Waals surface area contributed by atoms with Gasteiger partial charge in [0.2, 0.25) is 0 Å². The van der Waals surface area contributed by atoms with Crippen LogP contribution in [0.15, 0.2) is 84.9 Å². The Morgan fingerprint density at radius 1 is 0.531 bits per heavy atom. The normalized spacial score (nSPS) is 10.1. The van der Waals surface area contributed by atoms with Gasteiger partial charge in [-0.05, 0) is 78.9 Å². The second-order valence-electron chi connectivity index (χ2n) is 6.41. The predicted octanol–water partition coefficient (Wildman–Crippen LogP) is 8.86. The first kappa shape index (κ1) is 23.9. The molecule has 0 aliphatic carbocycles. The van der Waals surface area contributed by atoms with Crippen LogP contribution in [0, 0.1) is 0 Å². The van der Waals surface area contributed by atoms with Crippen molar-refractivity contribution in [2.45, 2.75) is 0 Å². The fourth-order valence-electron chi connectivity index (χ4n) is 2.45. The highest BCUT2D eigenvalue weighted by molar-refractivity contribution is 6.31. The topological polar surface area (TPSA) is 64.7 Å². The van der Waals surface area contributed by atoms with E-state index in [9.17, 15) is 5.11 Å². The molecule has 0 bridgehead atoms. The highest BCUT2D eigenvalue weighted by atomic mass is 35.5. The van der Waals surface area contributed by atoms with Crippen LogP contribution in [0.25, 0.3) is 0 Å². The molecule has 3 N–H and O–H groups in total. The summed E-state index contributed by atoms with van der Waals surface area (Å²) in [6, 6.07) is 23.7. The molecule has 0 aromatic heterocycles. The lowest BCUT2D eigenvalue weighted by Gasteiger charge is -2.08. The molecule has 0 radical (unpaired) electrons. The van der Waals surface area contributed by atoms with Crippen LogP contribution in [0.4, 0.5) is 5.69 Å². The van der Waals surface area contributed by atoms with Gasteiger partial charge in [-0.25, -0.2) is 0 Å². The molecule has 4 aromatic rings. The first-order chi connectivity index (χ1) is 15.3. The molecular weight excluding hydrogens is 492 g/mol. The van der Waals surface area contributed by atoms with Crippen molar-refractivity contribution in [1.29, 1.82) is 0 Å². The van der Waals surface area contributed by atoms with E-state index < -0.39 is 0 Å². The summed E-state index contributed by atoms with van der Waals surface area (Å²) < 4.78 is 11.0. The van der Waals surface area contributed by atoms with E-state index >= 15 is 0 Å². The Kier molecular flexibility index (Phi) is 8.37. The molecule has 0 saturated carbocycles. The molecular formula is C24H17Cl4NO3. The van der Waals surface area contributed by atoms with E-state index in [2.05, 4.69) is 0 Å². The van der Waals surface area contributed by atoms with E-state index in [1.807, 2.05) is 0 Å². The summed E-state index contributed by atoms with van der Waals surface area (Å²) in [5.41, 5.74) is 6.27. The minimum Gasteiger partial charge on any atom is -0.504 e. The second kappa shape index (κ2) is 11.2. The molecule has 4 rings (SSSR count). The Labute approximate surface area is 205 Å². The van der Waals surface area contributed by atoms with Crippen molar-refractivity contribution in [3.05, 3.63) is 105 Å². The molecule has 0 heterocycles. The molecule has 0 aliphatic rings. The van der Waals surface area contributed by atoms with Crippen molar-refractivity contribution in [2.75, 3.05) is 5.73 Å². The Bertz CT molecular complexity index is 1090. The van der Waals surface area contributed by atoms with Crippen LogP contribution in [0.2, 0.25) is 20.1 Å². The minimum absolute atomic E-state index is 0.00227. The van der Waals surface area contributed by atoms with Crippen molar-refractivity contribution >= 4 is 52.1 Å². The summed E-state index contributed by atoms with van der Waals surface area (Å²) in [7, 11) is 0. The molecule has 0 fully saturated rings. The third-order valence-corrected chi connectivity index (χ3v) is 4.95. The quantitative estimate of drug-likeness (QED) is 0.270. The van der Waals surface area contributed by atoms with Crippen LogP contribution in [0.5, 0.6) is 28.7 Å². The van der Waals surface area contributed by atoms with E-state index in [4.69, 9.17) is 61.6 Å². The number of anilines is 1. The van der Waals surface area contributed by atoms with Crippen LogP contribution in [0.1, 0.15) is 0 Å². The zero-order valence-electron chi connectivity index (χ0n) is 16.4. The maximum atomic E-state index is 9.57. The molecule has 0 aliphatic heterocycles. The second-order valence-corrected chi connectivity index (χ2v) is 8.15. The van der Waals surface area contributed by atoms with Crippen LogP contribution < -0.4 is 15.2 Å². The van der Waals surface area contributed by atoms with Gasteiger partial charge in [-0.1, -0.05) is 46.4 Å². The van der Waals surface area contributed by atoms with E-state index in [0.717, 1.165) is 0 Å². The lowest BCUT2D eigenvalue weighted by atomic mass is 10.3. The lowest BCUT2D eigenvalue weighted by molar-refractivity contribution is 0.411. The number of nitrogens with two attached hydrogens (primary N) is 1. The zero-order chi connectivity index (χ0) is 23.1. The van der Waals surface area contributed by atoms with Crippen molar-refractivity contribution in [2.24, 2.45) is 0 Å². The van der Waals surface area contributed by atoms with Crippen LogP contribution in [0.3, 0.4) is 0 Å². The molecule has 0 saturated heterocycles. The molecule has 0 spiro atoms. The van der Waals surface area contributed by atoms with Crippen molar-refractivity contribution in [3.8, 4) is 28.7 Å². The van der Waals surface area contributed by atoms with Gasteiger partial charge in [0.1, 0.15) is 17.2 Å². The summed E-state index contributed by atoms with van der Waals surface area (Å²) in [5, 5.41) is 11.9. The highest BCUT2D eigenvalue weighted by Crippen LogP contribution is 2.33. The number of ether oxygens (including phenoxy) is 2. The van der Waals surface area contributed by atoms with Gasteiger partial charge in [-0.2, -0.15) is 0 Å². The number of aromatic hydroxyl groups is 1. The standard InChI is InChI=1S/C12H9Cl2NO.C12H8Cl2O2/c2*13-8-1-4-10(5-2-8)16-12-6-3-9(14)7-11(12)15/h1-7H,15H2;1-7,15H. The third-order valence-electron chi connectivity index (χ3n) is 3.98. The maximum Gasteiger partial charge on any atom is 0.169 e. The molecule has 164 valence electrons. The van der Waals surface area contributed by atoms with E-state index in [1.165, 1.54) is 6.07 Å². The lowest BCUT2D eigenvalue weighted by Crippen LogP contribution is -1.91. The van der Waals surface area contributed by atoms with Gasteiger partial charge in [0.15, 0.2) is 11.5 Å². The summed E-state index contributed by atoms with van der Waals surface area (Å²) in [6.45, 7) is 0. The third kappa shape index (κ3) is 7.14. The van der Waals surface area contributed by atoms with Crippen LogP contribution in [-0.4, -0.2) is 5.11 Å². The Morgan fingerprint density at radius 2 is 0.938 bits per heavy atom. The SMILES string of the molecule is Nc1cc(Cl)ccc1Oc1ccc(Cl)cc1.Oc1cc(Cl)ccc1Oc1ccc(Cl)cc1. The fourth-order valence-corrected chi connectivity index (χ4v) is 3.05. The summed E-state index contributed by atoms with van der Waals surface area (Å²) in [6.07, 6.45) is 0. The minimum atomic E-state index is 0.00227. The van der Waals surface area contributed by atoms with Gasteiger partial charge in [-0.15, -0.1) is 0 Å². The molecule has 32 heavy (non-hydrogen) atoms. The van der Waals surface area contributed by atoms with Gasteiger partial charge in [0, 0.05) is 26.2 Å². The van der Waals surface area contributed by atoms with Gasteiger partial charge < -0.3 is 20.3 Å². The number of rotatable bonds is 4. The first-order valence-corrected chi connectivity index (χ1v) is 10.7. The number of hydrogen-bond acceptors (Lipinski definition) is 4. The van der Waals surface area contributed by atoms with Gasteiger partial charge in [-0.3, -0.25) is 0 Å². The zero-order valence-corrected chi connectivity index (χ0v) is 19.5. The Morgan fingerprint density at radius 3 is 1.41 bits per heavy atom. The van der Waals surface area contributed by atoms with Crippen LogP contribution in [-0.2, 0) is 0 Å². The van der Waals surface area contributed by atoms with Gasteiger partial charge in [0.25, 0.3) is 0 Å². The van der Waals surface area contributed by atoms with E-state index in [0.29, 0.717) is 48.8 Å². The number of benzene rings is 4. The molecule has 0 amide bonds. The van der Waals surface area contributed by atoms with Gasteiger partial charge >= 0.3 is 0 Å². The largest absolute Gasteiger partial charge is 0.504 e. The first-order valence-electron chi connectivity index (χ1n) is 9.20. The predicted molar refractivity (Wildman–Crippen MR) is 132 cm³/mol. The number of phenolic OH excluding ortho intramolecular Hbond substituents is 1. The van der Waals surface area contributed by atoms with Crippen LogP contribution >= 0.6 is 46.4 Å². The summed E-state index contributed by atoms with van der Waals surface area (Å²) in [4.78, 5) is 0. The maximum absolute atomic E-state index is 9.57. The molecule has 4 aromatic carbocycles. The average molecular weight is 509 g/mol. The molecule has 8 heteroatoms. The molecule has 0 atom stereocenters. The van der Waals surface area contributed by atoms with Crippen molar-refractivity contribution in [3.63, 3.8) is 0 Å². The Hall–Kier alpha value is -2.76. The molecule has 0 unspecified atom stereocenters. The number of phenols is 1. The monoisotopic (exact) mass is 507 g/mol. The summed E-state index contributed by atoms with van der Waals surface area (Å²) >= 11 is 23.0. The van der Waals surface area contributed by atoms with Gasteiger partial charge in [0.05, 0.1) is 5.69 Å². The van der Waals surface area contributed by atoms with Crippen molar-refractivity contribution < 1.29 is 14.6 Å².